The first-order chi connectivity index (χ1) is 12.1. The van der Waals surface area contributed by atoms with Crippen molar-refractivity contribution in [1.82, 2.24) is 5.32 Å². The third-order valence-electron chi connectivity index (χ3n) is 4.00. The average molecular weight is 341 g/mol. The summed E-state index contributed by atoms with van der Waals surface area (Å²) in [7, 11) is 1.66. The number of benzene rings is 2. The minimum Gasteiger partial charge on any atom is -0.497 e. The van der Waals surface area contributed by atoms with Crippen molar-refractivity contribution in [2.75, 3.05) is 20.3 Å². The average Bonchev–Trinajstić information content (AvgIpc) is 2.64. The van der Waals surface area contributed by atoms with Gasteiger partial charge in [-0.15, -0.1) is 0 Å². The van der Waals surface area contributed by atoms with Gasteiger partial charge in [0.25, 0.3) is 5.91 Å². The topological polar surface area (TPSA) is 47.6 Å². The summed E-state index contributed by atoms with van der Waals surface area (Å²) in [5.41, 5.74) is 2.32. The van der Waals surface area contributed by atoms with Crippen LogP contribution in [0.4, 0.5) is 0 Å². The van der Waals surface area contributed by atoms with Crippen molar-refractivity contribution in [3.05, 3.63) is 59.7 Å². The lowest BCUT2D eigenvalue weighted by Gasteiger charge is -2.13. The highest BCUT2D eigenvalue weighted by Gasteiger charge is 2.09. The van der Waals surface area contributed by atoms with Crippen LogP contribution in [0.1, 0.15) is 37.3 Å². The molecule has 1 N–H and O–H groups in total. The molecule has 0 atom stereocenters. The van der Waals surface area contributed by atoms with Crippen molar-refractivity contribution < 1.29 is 14.3 Å². The molecule has 2 rings (SSSR count). The summed E-state index contributed by atoms with van der Waals surface area (Å²) in [5, 5.41) is 2.91. The summed E-state index contributed by atoms with van der Waals surface area (Å²) in [4.78, 5) is 12.0. The van der Waals surface area contributed by atoms with Crippen LogP contribution in [0, 0.1) is 0 Å². The fourth-order valence-electron chi connectivity index (χ4n) is 2.63. The highest BCUT2D eigenvalue weighted by Crippen LogP contribution is 2.25. The van der Waals surface area contributed by atoms with E-state index in [0.717, 1.165) is 29.9 Å². The van der Waals surface area contributed by atoms with Crippen molar-refractivity contribution in [3.8, 4) is 11.5 Å². The molecule has 25 heavy (non-hydrogen) atoms. The molecule has 4 nitrogen and oxygen atoms in total. The van der Waals surface area contributed by atoms with E-state index in [9.17, 15) is 4.79 Å². The van der Waals surface area contributed by atoms with Crippen molar-refractivity contribution >= 4 is 5.91 Å². The molecule has 0 aliphatic rings. The Morgan fingerprint density at radius 1 is 1.12 bits per heavy atom. The normalized spacial score (nSPS) is 10.6. The molecule has 4 heteroatoms. The molecule has 0 radical (unpaired) electrons. The highest BCUT2D eigenvalue weighted by atomic mass is 16.5. The number of aryl methyl sites for hydroxylation is 1. The van der Waals surface area contributed by atoms with Crippen molar-refractivity contribution in [3.63, 3.8) is 0 Å². The summed E-state index contributed by atoms with van der Waals surface area (Å²) < 4.78 is 10.9. The molecule has 0 saturated heterocycles. The third-order valence-corrected chi connectivity index (χ3v) is 4.00. The zero-order valence-electron chi connectivity index (χ0n) is 15.2. The van der Waals surface area contributed by atoms with Gasteiger partial charge in [-0.3, -0.25) is 4.79 Å². The number of hydrogen-bond donors (Lipinski definition) is 1. The molecule has 0 fully saturated rings. The van der Waals surface area contributed by atoms with Gasteiger partial charge in [-0.25, -0.2) is 0 Å². The van der Waals surface area contributed by atoms with Crippen molar-refractivity contribution in [1.29, 1.82) is 0 Å². The van der Waals surface area contributed by atoms with Gasteiger partial charge in [-0.05, 0) is 48.1 Å². The molecule has 0 aromatic heterocycles. The number of methoxy groups -OCH3 is 1. The van der Waals surface area contributed by atoms with Gasteiger partial charge in [0.05, 0.1) is 7.11 Å². The Morgan fingerprint density at radius 3 is 2.68 bits per heavy atom. The Kier molecular flexibility index (Phi) is 7.33. The minimum absolute atomic E-state index is 0.0445. The van der Waals surface area contributed by atoms with Crippen LogP contribution >= 0.6 is 0 Å². The molecular weight excluding hydrogens is 314 g/mol. The van der Waals surface area contributed by atoms with Gasteiger partial charge in [-0.2, -0.15) is 0 Å². The Morgan fingerprint density at radius 2 is 1.92 bits per heavy atom. The molecule has 2 aromatic rings. The van der Waals surface area contributed by atoms with Gasteiger partial charge >= 0.3 is 0 Å². The van der Waals surface area contributed by atoms with Crippen molar-refractivity contribution in [2.24, 2.45) is 0 Å². The molecule has 2 aromatic carbocycles. The van der Waals surface area contributed by atoms with E-state index in [1.807, 2.05) is 42.5 Å². The van der Waals surface area contributed by atoms with E-state index in [0.29, 0.717) is 12.5 Å². The number of carbonyl (C=O) groups excluding carboxylic acids is 1. The van der Waals surface area contributed by atoms with Crippen LogP contribution < -0.4 is 14.8 Å². The monoisotopic (exact) mass is 341 g/mol. The number of carbonyl (C=O) groups is 1. The predicted octanol–water partition coefficient (Wildman–Crippen LogP) is 3.95. The number of rotatable bonds is 9. The molecule has 0 heterocycles. The Bertz CT molecular complexity index is 682. The SMILES string of the molecule is COc1cccc(CCCNC(=O)COc2ccccc2C(C)C)c1. The Labute approximate surface area is 150 Å². The van der Waals surface area contributed by atoms with Gasteiger partial charge in [-0.1, -0.05) is 44.2 Å². The van der Waals surface area contributed by atoms with Crippen LogP contribution in [0.25, 0.3) is 0 Å². The standard InChI is InChI=1S/C21H27NO3/c1-16(2)19-11-4-5-12-20(19)25-15-21(23)22-13-7-9-17-8-6-10-18(14-17)24-3/h4-6,8,10-12,14,16H,7,9,13,15H2,1-3H3,(H,22,23). The maximum Gasteiger partial charge on any atom is 0.257 e. The lowest BCUT2D eigenvalue weighted by Crippen LogP contribution is -2.30. The summed E-state index contributed by atoms with van der Waals surface area (Å²) in [6, 6.07) is 15.8. The lowest BCUT2D eigenvalue weighted by atomic mass is 10.0. The van der Waals surface area contributed by atoms with E-state index in [1.54, 1.807) is 7.11 Å². The maximum atomic E-state index is 12.0. The summed E-state index contributed by atoms with van der Waals surface area (Å²) >= 11 is 0. The van der Waals surface area contributed by atoms with E-state index in [4.69, 9.17) is 9.47 Å². The van der Waals surface area contributed by atoms with Crippen LogP contribution in [0.15, 0.2) is 48.5 Å². The number of ether oxygens (including phenoxy) is 2. The molecule has 0 saturated carbocycles. The highest BCUT2D eigenvalue weighted by molar-refractivity contribution is 5.77. The fourth-order valence-corrected chi connectivity index (χ4v) is 2.63. The van der Waals surface area contributed by atoms with Gasteiger partial charge < -0.3 is 14.8 Å². The van der Waals surface area contributed by atoms with E-state index in [-0.39, 0.29) is 12.5 Å². The molecule has 1 amide bonds. The third kappa shape index (κ3) is 6.14. The van der Waals surface area contributed by atoms with E-state index >= 15 is 0 Å². The molecule has 0 spiro atoms. The number of nitrogens with one attached hydrogen (secondary N) is 1. The molecule has 0 bridgehead atoms. The zero-order valence-corrected chi connectivity index (χ0v) is 15.2. The van der Waals surface area contributed by atoms with Gasteiger partial charge in [0, 0.05) is 6.54 Å². The first-order valence-corrected chi connectivity index (χ1v) is 8.71. The number of para-hydroxylation sites is 1. The maximum absolute atomic E-state index is 12.0. The molecule has 0 unspecified atom stereocenters. The smallest absolute Gasteiger partial charge is 0.257 e. The minimum atomic E-state index is -0.0933. The van der Waals surface area contributed by atoms with Crippen LogP contribution in [0.5, 0.6) is 11.5 Å². The number of hydrogen-bond acceptors (Lipinski definition) is 3. The van der Waals surface area contributed by atoms with Gasteiger partial charge in [0.2, 0.25) is 0 Å². The lowest BCUT2D eigenvalue weighted by molar-refractivity contribution is -0.123. The summed E-state index contributed by atoms with van der Waals surface area (Å²) in [5.74, 6) is 1.91. The van der Waals surface area contributed by atoms with E-state index in [1.165, 1.54) is 5.56 Å². The molecule has 0 aliphatic carbocycles. The fraction of sp³-hybridized carbons (Fsp3) is 0.381. The first-order valence-electron chi connectivity index (χ1n) is 8.71. The quantitative estimate of drug-likeness (QED) is 0.703. The summed E-state index contributed by atoms with van der Waals surface area (Å²) in [6.45, 7) is 4.90. The zero-order chi connectivity index (χ0) is 18.1. The largest absolute Gasteiger partial charge is 0.497 e. The second-order valence-electron chi connectivity index (χ2n) is 6.29. The van der Waals surface area contributed by atoms with Gasteiger partial charge in [0.15, 0.2) is 6.61 Å². The van der Waals surface area contributed by atoms with Crippen LogP contribution in [-0.2, 0) is 11.2 Å². The van der Waals surface area contributed by atoms with E-state index < -0.39 is 0 Å². The molecular formula is C21H27NO3. The second-order valence-corrected chi connectivity index (χ2v) is 6.29. The van der Waals surface area contributed by atoms with Crippen molar-refractivity contribution in [2.45, 2.75) is 32.6 Å². The van der Waals surface area contributed by atoms with E-state index in [2.05, 4.69) is 25.2 Å². The Hall–Kier alpha value is -2.49. The van der Waals surface area contributed by atoms with Gasteiger partial charge in [0.1, 0.15) is 11.5 Å². The Balaban J connectivity index is 1.71. The second kappa shape index (κ2) is 9.72. The van der Waals surface area contributed by atoms with Crippen LogP contribution in [-0.4, -0.2) is 26.2 Å². The molecule has 134 valence electrons. The van der Waals surface area contributed by atoms with Crippen LogP contribution in [0.3, 0.4) is 0 Å². The summed E-state index contributed by atoms with van der Waals surface area (Å²) in [6.07, 6.45) is 1.77. The first kappa shape index (κ1) is 18.8. The predicted molar refractivity (Wildman–Crippen MR) is 100 cm³/mol. The number of amides is 1. The molecule has 0 aliphatic heterocycles. The van der Waals surface area contributed by atoms with Crippen LogP contribution in [0.2, 0.25) is 0 Å².